The number of aliphatic hydroxyl groups excluding tert-OH is 1. The van der Waals surface area contributed by atoms with Crippen molar-refractivity contribution in [1.82, 2.24) is 4.57 Å². The highest BCUT2D eigenvalue weighted by atomic mass is 32.2. The Morgan fingerprint density at radius 2 is 1.83 bits per heavy atom. The standard InChI is InChI=1S/C18H29NO2SSi/c1-7-14(20)15-16(21)19(23(5,6)18(2,3)4)17(15)22-13-11-9-8-10-12-13/h8-12,14-15,17,20H,7H2,1-6H3. The van der Waals surface area contributed by atoms with Crippen LogP contribution in [0.25, 0.3) is 0 Å². The number of rotatable bonds is 5. The fourth-order valence-electron chi connectivity index (χ4n) is 2.81. The number of aliphatic hydroxyl groups is 1. The van der Waals surface area contributed by atoms with Gasteiger partial charge in [0.05, 0.1) is 17.4 Å². The number of thioether (sulfide) groups is 1. The van der Waals surface area contributed by atoms with E-state index in [1.54, 1.807) is 11.8 Å². The Bertz CT molecular complexity index is 556. The Morgan fingerprint density at radius 1 is 1.26 bits per heavy atom. The third kappa shape index (κ3) is 3.37. The molecule has 0 aromatic heterocycles. The number of carbonyl (C=O) groups excluding carboxylic acids is 1. The molecule has 0 aliphatic carbocycles. The average molecular weight is 352 g/mol. The van der Waals surface area contributed by atoms with Crippen molar-refractivity contribution in [3.63, 3.8) is 0 Å². The van der Waals surface area contributed by atoms with Crippen LogP contribution in [0.3, 0.4) is 0 Å². The number of carbonyl (C=O) groups is 1. The summed E-state index contributed by atoms with van der Waals surface area (Å²) in [6.07, 6.45) is 0.0675. The molecule has 1 aromatic carbocycles. The van der Waals surface area contributed by atoms with Crippen LogP contribution in [-0.2, 0) is 4.79 Å². The summed E-state index contributed by atoms with van der Waals surface area (Å²) < 4.78 is 2.12. The van der Waals surface area contributed by atoms with E-state index in [0.29, 0.717) is 6.42 Å². The van der Waals surface area contributed by atoms with Gasteiger partial charge in [0, 0.05) is 4.90 Å². The van der Waals surface area contributed by atoms with Gasteiger partial charge in [-0.15, -0.1) is 11.8 Å². The maximum Gasteiger partial charge on any atom is 0.224 e. The second-order valence-electron chi connectivity index (χ2n) is 7.84. The van der Waals surface area contributed by atoms with Gasteiger partial charge in [-0.05, 0) is 23.6 Å². The molecule has 1 aliphatic heterocycles. The second-order valence-corrected chi connectivity index (χ2v) is 14.1. The monoisotopic (exact) mass is 351 g/mol. The first-order chi connectivity index (χ1) is 10.6. The molecular formula is C18H29NO2SSi. The van der Waals surface area contributed by atoms with Crippen molar-refractivity contribution in [3.8, 4) is 0 Å². The zero-order valence-electron chi connectivity index (χ0n) is 15.0. The molecule has 3 unspecified atom stereocenters. The van der Waals surface area contributed by atoms with E-state index in [1.807, 2.05) is 25.1 Å². The van der Waals surface area contributed by atoms with Crippen LogP contribution in [0.2, 0.25) is 18.1 Å². The summed E-state index contributed by atoms with van der Waals surface area (Å²) in [6.45, 7) is 13.1. The van der Waals surface area contributed by atoms with Crippen LogP contribution in [0.5, 0.6) is 0 Å². The molecule has 0 bridgehead atoms. The minimum atomic E-state index is -1.95. The molecule has 0 radical (unpaired) electrons. The van der Waals surface area contributed by atoms with E-state index in [1.165, 1.54) is 0 Å². The third-order valence-electron chi connectivity index (χ3n) is 5.35. The SMILES string of the molecule is CCC(O)C1C(=O)N([Si](C)(C)C(C)(C)C)C1Sc1ccccc1. The maximum atomic E-state index is 12.8. The average Bonchev–Trinajstić information content (AvgIpc) is 2.46. The van der Waals surface area contributed by atoms with Crippen molar-refractivity contribution in [2.75, 3.05) is 0 Å². The molecule has 0 spiro atoms. The first-order valence-corrected chi connectivity index (χ1v) is 12.2. The Kier molecular flexibility index (Phi) is 5.33. The number of β-lactam (4-membered cyclic amide) rings is 1. The molecule has 1 aliphatic rings. The molecular weight excluding hydrogens is 322 g/mol. The topological polar surface area (TPSA) is 40.5 Å². The smallest absolute Gasteiger partial charge is 0.224 e. The quantitative estimate of drug-likeness (QED) is 0.634. The minimum Gasteiger partial charge on any atom is -0.392 e. The number of hydrogen-bond acceptors (Lipinski definition) is 3. The van der Waals surface area contributed by atoms with Gasteiger partial charge in [0.1, 0.15) is 0 Å². The van der Waals surface area contributed by atoms with Crippen molar-refractivity contribution in [2.45, 2.75) is 68.6 Å². The number of hydrogen-bond donors (Lipinski definition) is 1. The van der Waals surface area contributed by atoms with Gasteiger partial charge in [0.2, 0.25) is 5.91 Å². The van der Waals surface area contributed by atoms with Crippen LogP contribution < -0.4 is 0 Å². The van der Waals surface area contributed by atoms with Crippen LogP contribution in [0.4, 0.5) is 0 Å². The van der Waals surface area contributed by atoms with Gasteiger partial charge < -0.3 is 9.67 Å². The summed E-state index contributed by atoms with van der Waals surface area (Å²) in [5.74, 6) is -0.140. The molecule has 3 nitrogen and oxygen atoms in total. The third-order valence-corrected chi connectivity index (χ3v) is 12.2. The van der Waals surface area contributed by atoms with Gasteiger partial charge >= 0.3 is 0 Å². The lowest BCUT2D eigenvalue weighted by Crippen LogP contribution is -2.73. The molecule has 1 saturated heterocycles. The van der Waals surface area contributed by atoms with Crippen molar-refractivity contribution in [2.24, 2.45) is 5.92 Å². The van der Waals surface area contributed by atoms with Crippen molar-refractivity contribution >= 4 is 25.9 Å². The second kappa shape index (κ2) is 6.61. The van der Waals surface area contributed by atoms with Gasteiger partial charge in [-0.1, -0.05) is 59.0 Å². The summed E-state index contributed by atoms with van der Waals surface area (Å²) in [5.41, 5.74) is 0. The highest BCUT2D eigenvalue weighted by Gasteiger charge is 2.59. The maximum absolute atomic E-state index is 12.8. The molecule has 1 amide bonds. The van der Waals surface area contributed by atoms with E-state index < -0.39 is 14.3 Å². The molecule has 2 rings (SSSR count). The molecule has 0 saturated carbocycles. The van der Waals surface area contributed by atoms with Gasteiger partial charge in [-0.25, -0.2) is 0 Å². The lowest BCUT2D eigenvalue weighted by Gasteiger charge is -2.58. The van der Waals surface area contributed by atoms with Crippen molar-refractivity contribution in [1.29, 1.82) is 0 Å². The summed E-state index contributed by atoms with van der Waals surface area (Å²) in [6, 6.07) is 10.2. The molecule has 23 heavy (non-hydrogen) atoms. The van der Waals surface area contributed by atoms with E-state index in [9.17, 15) is 9.90 Å². The Hall–Kier alpha value is -0.783. The molecule has 1 aromatic rings. The van der Waals surface area contributed by atoms with Gasteiger partial charge in [-0.2, -0.15) is 0 Å². The van der Waals surface area contributed by atoms with E-state index in [0.717, 1.165) is 4.90 Å². The predicted molar refractivity (Wildman–Crippen MR) is 99.9 cm³/mol. The van der Waals surface area contributed by atoms with Gasteiger partial charge in [-0.3, -0.25) is 4.79 Å². The Balaban J connectivity index is 2.32. The lowest BCUT2D eigenvalue weighted by molar-refractivity contribution is -0.149. The van der Waals surface area contributed by atoms with Crippen LogP contribution >= 0.6 is 11.8 Å². The van der Waals surface area contributed by atoms with E-state index >= 15 is 0 Å². The van der Waals surface area contributed by atoms with E-state index in [4.69, 9.17) is 0 Å². The van der Waals surface area contributed by atoms with Gasteiger partial charge in [0.25, 0.3) is 0 Å². The molecule has 128 valence electrons. The zero-order valence-corrected chi connectivity index (χ0v) is 16.9. The lowest BCUT2D eigenvalue weighted by atomic mass is 9.93. The highest BCUT2D eigenvalue weighted by molar-refractivity contribution is 8.00. The van der Waals surface area contributed by atoms with Crippen molar-refractivity contribution in [3.05, 3.63) is 30.3 Å². The predicted octanol–water partition coefficient (Wildman–Crippen LogP) is 4.34. The molecule has 5 heteroatoms. The Morgan fingerprint density at radius 3 is 2.30 bits per heavy atom. The molecule has 1 N–H and O–H groups in total. The Labute approximate surface area is 145 Å². The first-order valence-electron chi connectivity index (χ1n) is 8.34. The number of nitrogens with zero attached hydrogens (tertiary/aromatic N) is 1. The number of benzene rings is 1. The van der Waals surface area contributed by atoms with E-state index in [-0.39, 0.29) is 22.2 Å². The zero-order chi connectivity index (χ0) is 17.4. The van der Waals surface area contributed by atoms with E-state index in [2.05, 4.69) is 50.6 Å². The highest BCUT2D eigenvalue weighted by Crippen LogP contribution is 2.50. The number of amides is 1. The fourth-order valence-corrected chi connectivity index (χ4v) is 7.23. The minimum absolute atomic E-state index is 0.0424. The molecule has 1 fully saturated rings. The fraction of sp³-hybridized carbons (Fsp3) is 0.611. The summed E-state index contributed by atoms with van der Waals surface area (Å²) in [4.78, 5) is 14.0. The summed E-state index contributed by atoms with van der Waals surface area (Å²) in [7, 11) is -1.95. The normalized spacial score (nSPS) is 23.6. The largest absolute Gasteiger partial charge is 0.392 e. The van der Waals surface area contributed by atoms with Crippen LogP contribution in [0, 0.1) is 5.92 Å². The van der Waals surface area contributed by atoms with Gasteiger partial charge in [0.15, 0.2) is 8.24 Å². The van der Waals surface area contributed by atoms with Crippen LogP contribution in [-0.4, -0.2) is 35.3 Å². The van der Waals surface area contributed by atoms with Crippen LogP contribution in [0.1, 0.15) is 34.1 Å². The summed E-state index contributed by atoms with van der Waals surface area (Å²) in [5, 5.41) is 10.5. The molecule has 1 heterocycles. The summed E-state index contributed by atoms with van der Waals surface area (Å²) >= 11 is 1.72. The molecule has 3 atom stereocenters. The van der Waals surface area contributed by atoms with Crippen LogP contribution in [0.15, 0.2) is 35.2 Å². The first kappa shape index (κ1) is 18.6. The van der Waals surface area contributed by atoms with Crippen molar-refractivity contribution < 1.29 is 9.90 Å².